The number of hydrogen-bond donors (Lipinski definition) is 1. The molecule has 108 valence electrons. The van der Waals surface area contributed by atoms with Gasteiger partial charge in [-0.05, 0) is 70.7 Å². The Balaban J connectivity index is 2.73. The van der Waals surface area contributed by atoms with Crippen molar-refractivity contribution in [1.82, 2.24) is 5.32 Å². The number of rotatable bonds is 6. The summed E-state index contributed by atoms with van der Waals surface area (Å²) in [4.78, 5) is 0. The standard InChI is InChI=1S/C17H29NO/c1-8-19-17(6,7)11-18-15(5)16-10-13(3)12(2)9-14(16)4/h9-10,15,18H,8,11H2,1-7H3. The molecule has 0 fully saturated rings. The molecule has 1 unspecified atom stereocenters. The number of ether oxygens (including phenoxy) is 1. The fourth-order valence-electron chi connectivity index (χ4n) is 2.40. The van der Waals surface area contributed by atoms with Gasteiger partial charge < -0.3 is 10.1 Å². The third-order valence-electron chi connectivity index (χ3n) is 3.72. The van der Waals surface area contributed by atoms with Crippen LogP contribution in [0.3, 0.4) is 0 Å². The number of benzene rings is 1. The van der Waals surface area contributed by atoms with Crippen molar-refractivity contribution in [3.8, 4) is 0 Å². The monoisotopic (exact) mass is 263 g/mol. The van der Waals surface area contributed by atoms with Crippen LogP contribution < -0.4 is 5.32 Å². The van der Waals surface area contributed by atoms with E-state index in [4.69, 9.17) is 4.74 Å². The van der Waals surface area contributed by atoms with Crippen LogP contribution in [0, 0.1) is 20.8 Å². The maximum Gasteiger partial charge on any atom is 0.0750 e. The third-order valence-corrected chi connectivity index (χ3v) is 3.72. The molecule has 0 amide bonds. The SMILES string of the molecule is CCOC(C)(C)CNC(C)c1cc(C)c(C)cc1C. The Kier molecular flexibility index (Phi) is 5.57. The normalized spacial score (nSPS) is 13.6. The van der Waals surface area contributed by atoms with E-state index in [0.717, 1.165) is 13.2 Å². The summed E-state index contributed by atoms with van der Waals surface area (Å²) in [5.41, 5.74) is 5.35. The largest absolute Gasteiger partial charge is 0.375 e. The summed E-state index contributed by atoms with van der Waals surface area (Å²) >= 11 is 0. The van der Waals surface area contributed by atoms with E-state index in [-0.39, 0.29) is 5.60 Å². The van der Waals surface area contributed by atoms with Gasteiger partial charge in [0.15, 0.2) is 0 Å². The average molecular weight is 263 g/mol. The van der Waals surface area contributed by atoms with Gasteiger partial charge in [0.2, 0.25) is 0 Å². The Morgan fingerprint density at radius 3 is 2.26 bits per heavy atom. The highest BCUT2D eigenvalue weighted by Gasteiger charge is 2.19. The van der Waals surface area contributed by atoms with Crippen LogP contribution in [0.5, 0.6) is 0 Å². The Labute approximate surface area is 118 Å². The summed E-state index contributed by atoms with van der Waals surface area (Å²) in [7, 11) is 0. The van der Waals surface area contributed by atoms with Gasteiger partial charge in [-0.1, -0.05) is 12.1 Å². The molecule has 0 aromatic heterocycles. The van der Waals surface area contributed by atoms with Gasteiger partial charge in [0.05, 0.1) is 5.60 Å². The zero-order chi connectivity index (χ0) is 14.6. The van der Waals surface area contributed by atoms with E-state index in [1.165, 1.54) is 22.3 Å². The zero-order valence-electron chi connectivity index (χ0n) is 13.6. The molecule has 1 atom stereocenters. The second-order valence-electron chi connectivity index (χ2n) is 6.09. The van der Waals surface area contributed by atoms with E-state index in [9.17, 15) is 0 Å². The molecule has 0 aliphatic carbocycles. The summed E-state index contributed by atoms with van der Waals surface area (Å²) in [5, 5.41) is 3.59. The van der Waals surface area contributed by atoms with Crippen LogP contribution in [0.4, 0.5) is 0 Å². The van der Waals surface area contributed by atoms with Crippen molar-refractivity contribution >= 4 is 0 Å². The van der Waals surface area contributed by atoms with Gasteiger partial charge in [-0.2, -0.15) is 0 Å². The lowest BCUT2D eigenvalue weighted by molar-refractivity contribution is -0.0103. The van der Waals surface area contributed by atoms with Crippen molar-refractivity contribution in [2.75, 3.05) is 13.2 Å². The minimum absolute atomic E-state index is 0.114. The molecule has 1 N–H and O–H groups in total. The van der Waals surface area contributed by atoms with Gasteiger partial charge in [-0.15, -0.1) is 0 Å². The Hall–Kier alpha value is -0.860. The van der Waals surface area contributed by atoms with Crippen LogP contribution in [0.2, 0.25) is 0 Å². The molecule has 19 heavy (non-hydrogen) atoms. The predicted molar refractivity (Wildman–Crippen MR) is 82.8 cm³/mol. The van der Waals surface area contributed by atoms with E-state index < -0.39 is 0 Å². The van der Waals surface area contributed by atoms with E-state index in [1.54, 1.807) is 0 Å². The summed E-state index contributed by atoms with van der Waals surface area (Å²) in [5.74, 6) is 0. The van der Waals surface area contributed by atoms with Crippen LogP contribution in [-0.2, 0) is 4.74 Å². The molecule has 1 rings (SSSR count). The molecule has 0 bridgehead atoms. The van der Waals surface area contributed by atoms with E-state index in [0.29, 0.717) is 6.04 Å². The first-order chi connectivity index (χ1) is 8.76. The molecule has 0 heterocycles. The van der Waals surface area contributed by atoms with Crippen LogP contribution >= 0.6 is 0 Å². The number of hydrogen-bond acceptors (Lipinski definition) is 2. The number of aryl methyl sites for hydroxylation is 3. The molecule has 1 aromatic rings. The topological polar surface area (TPSA) is 21.3 Å². The minimum Gasteiger partial charge on any atom is -0.375 e. The first kappa shape index (κ1) is 16.2. The van der Waals surface area contributed by atoms with Crippen molar-refractivity contribution < 1.29 is 4.74 Å². The van der Waals surface area contributed by atoms with Crippen LogP contribution in [0.1, 0.15) is 56.0 Å². The second-order valence-corrected chi connectivity index (χ2v) is 6.09. The summed E-state index contributed by atoms with van der Waals surface area (Å²) < 4.78 is 5.73. The molecule has 0 spiro atoms. The van der Waals surface area contributed by atoms with E-state index in [2.05, 4.69) is 59.0 Å². The minimum atomic E-state index is -0.114. The van der Waals surface area contributed by atoms with Crippen LogP contribution in [-0.4, -0.2) is 18.8 Å². The Bertz CT molecular complexity index is 424. The first-order valence-corrected chi connectivity index (χ1v) is 7.22. The van der Waals surface area contributed by atoms with Crippen LogP contribution in [0.15, 0.2) is 12.1 Å². The highest BCUT2D eigenvalue weighted by atomic mass is 16.5. The lowest BCUT2D eigenvalue weighted by atomic mass is 9.96. The highest BCUT2D eigenvalue weighted by molar-refractivity contribution is 5.38. The molecular formula is C17H29NO. The van der Waals surface area contributed by atoms with E-state index in [1.807, 2.05) is 6.92 Å². The van der Waals surface area contributed by atoms with Gasteiger partial charge in [0.25, 0.3) is 0 Å². The molecule has 0 saturated carbocycles. The van der Waals surface area contributed by atoms with Gasteiger partial charge in [-0.25, -0.2) is 0 Å². The van der Waals surface area contributed by atoms with Gasteiger partial charge >= 0.3 is 0 Å². The molecule has 0 aliphatic rings. The van der Waals surface area contributed by atoms with Crippen molar-refractivity contribution in [2.45, 2.75) is 60.1 Å². The summed E-state index contributed by atoms with van der Waals surface area (Å²) in [6, 6.07) is 4.92. The molecule has 2 nitrogen and oxygen atoms in total. The second kappa shape index (κ2) is 6.53. The predicted octanol–water partition coefficient (Wildman–Crippen LogP) is 4.08. The van der Waals surface area contributed by atoms with Gasteiger partial charge in [0.1, 0.15) is 0 Å². The Morgan fingerprint density at radius 2 is 1.68 bits per heavy atom. The molecule has 0 aliphatic heterocycles. The van der Waals surface area contributed by atoms with Crippen LogP contribution in [0.25, 0.3) is 0 Å². The van der Waals surface area contributed by atoms with Gasteiger partial charge in [0, 0.05) is 19.2 Å². The molecule has 2 heteroatoms. The molecular weight excluding hydrogens is 234 g/mol. The fraction of sp³-hybridized carbons (Fsp3) is 0.647. The fourth-order valence-corrected chi connectivity index (χ4v) is 2.40. The number of nitrogens with one attached hydrogen (secondary N) is 1. The maximum absolute atomic E-state index is 5.73. The maximum atomic E-state index is 5.73. The smallest absolute Gasteiger partial charge is 0.0750 e. The molecule has 1 aromatic carbocycles. The third kappa shape index (κ3) is 4.63. The Morgan fingerprint density at radius 1 is 1.11 bits per heavy atom. The molecule has 0 saturated heterocycles. The molecule has 0 radical (unpaired) electrons. The van der Waals surface area contributed by atoms with Crippen molar-refractivity contribution in [3.63, 3.8) is 0 Å². The van der Waals surface area contributed by atoms with Crippen molar-refractivity contribution in [1.29, 1.82) is 0 Å². The van der Waals surface area contributed by atoms with Crippen molar-refractivity contribution in [3.05, 3.63) is 34.4 Å². The summed E-state index contributed by atoms with van der Waals surface area (Å²) in [6.07, 6.45) is 0. The quantitative estimate of drug-likeness (QED) is 0.835. The van der Waals surface area contributed by atoms with Crippen molar-refractivity contribution in [2.24, 2.45) is 0 Å². The highest BCUT2D eigenvalue weighted by Crippen LogP contribution is 2.22. The van der Waals surface area contributed by atoms with Gasteiger partial charge in [-0.3, -0.25) is 0 Å². The zero-order valence-corrected chi connectivity index (χ0v) is 13.6. The first-order valence-electron chi connectivity index (χ1n) is 7.22. The van der Waals surface area contributed by atoms with E-state index >= 15 is 0 Å². The average Bonchev–Trinajstić information content (AvgIpc) is 2.31. The lowest BCUT2D eigenvalue weighted by Gasteiger charge is -2.28. The summed E-state index contributed by atoms with van der Waals surface area (Å²) in [6.45, 7) is 16.7. The lowest BCUT2D eigenvalue weighted by Crippen LogP contribution is -2.38.